The molecule has 0 bridgehead atoms. The van der Waals surface area contributed by atoms with E-state index in [1.54, 1.807) is 0 Å². The summed E-state index contributed by atoms with van der Waals surface area (Å²) >= 11 is 0. The number of sulfone groups is 1. The summed E-state index contributed by atoms with van der Waals surface area (Å²) in [4.78, 5) is 5.61. The number of pyridine rings is 1. The van der Waals surface area contributed by atoms with Crippen molar-refractivity contribution >= 4 is 21.9 Å². The monoisotopic (exact) mass is 370 g/mol. The van der Waals surface area contributed by atoms with Crippen LogP contribution in [0.5, 0.6) is 0 Å². The summed E-state index contributed by atoms with van der Waals surface area (Å²) in [6, 6.07) is 6.17. The number of rotatable bonds is 2. The third-order valence-corrected chi connectivity index (χ3v) is 5.29. The molecule has 1 aromatic heterocycles. The van der Waals surface area contributed by atoms with Crippen LogP contribution < -0.4 is 11.1 Å². The Morgan fingerprint density at radius 1 is 1.24 bits per heavy atom. The molecule has 6 nitrogen and oxygen atoms in total. The Bertz CT molecular complexity index is 973. The fraction of sp³-hybridized carbons (Fsp3) is 0.200. The molecular weight excluding hydrogens is 357 g/mol. The molecule has 2 aromatic rings. The quantitative estimate of drug-likeness (QED) is 0.846. The second-order valence-corrected chi connectivity index (χ2v) is 7.70. The van der Waals surface area contributed by atoms with Crippen molar-refractivity contribution in [3.63, 3.8) is 0 Å². The molecule has 0 radical (unpaired) electrons. The molecule has 0 spiro atoms. The zero-order valence-corrected chi connectivity index (χ0v) is 13.7. The van der Waals surface area contributed by atoms with E-state index in [-0.39, 0.29) is 22.5 Å². The Morgan fingerprint density at radius 2 is 1.96 bits per heavy atom. The fourth-order valence-electron chi connectivity index (χ4n) is 2.55. The summed E-state index contributed by atoms with van der Waals surface area (Å²) in [5, 5.41) is 2.71. The molecule has 0 saturated heterocycles. The van der Waals surface area contributed by atoms with Gasteiger partial charge in [-0.15, -0.1) is 0 Å². The Hall–Kier alpha value is -2.46. The molecule has 0 saturated carbocycles. The molecule has 2 heterocycles. The number of nitrogens with zero attached hydrogens (tertiary/aromatic N) is 2. The highest BCUT2D eigenvalue weighted by Gasteiger charge is 2.42. The van der Waals surface area contributed by atoms with Crippen molar-refractivity contribution in [2.45, 2.75) is 11.2 Å². The van der Waals surface area contributed by atoms with Crippen molar-refractivity contribution in [2.24, 2.45) is 10.7 Å². The molecular formula is C15H13F3N4O2S. The maximum absolute atomic E-state index is 13.2. The molecule has 0 aliphatic carbocycles. The lowest BCUT2D eigenvalue weighted by Crippen LogP contribution is -2.45. The standard InChI is InChI=1S/C15H13F3N4O2S/c1-25(23,24)15(19)10-5-4-9(7-12(10)21-8-22-15)13-11(14(16,17)18)3-2-6-20-13/h2-8H,19H2,1H3,(H,21,22). The minimum absolute atomic E-state index is 0.144. The Kier molecular flexibility index (Phi) is 3.84. The Labute approximate surface area is 141 Å². The summed E-state index contributed by atoms with van der Waals surface area (Å²) in [6.45, 7) is 0. The first-order chi connectivity index (χ1) is 11.5. The van der Waals surface area contributed by atoms with Gasteiger partial charge in [-0.3, -0.25) is 10.7 Å². The van der Waals surface area contributed by atoms with E-state index in [0.717, 1.165) is 18.7 Å². The van der Waals surface area contributed by atoms with Crippen LogP contribution in [0, 0.1) is 0 Å². The number of fused-ring (bicyclic) bond motifs is 1. The van der Waals surface area contributed by atoms with Gasteiger partial charge in [-0.05, 0) is 18.2 Å². The lowest BCUT2D eigenvalue weighted by molar-refractivity contribution is -0.137. The van der Waals surface area contributed by atoms with E-state index in [2.05, 4.69) is 15.3 Å². The molecule has 1 atom stereocenters. The maximum atomic E-state index is 13.2. The number of halogens is 3. The van der Waals surface area contributed by atoms with Gasteiger partial charge in [0.25, 0.3) is 0 Å². The largest absolute Gasteiger partial charge is 0.418 e. The first-order valence-corrected chi connectivity index (χ1v) is 8.89. The number of benzene rings is 1. The number of alkyl halides is 3. The molecule has 3 rings (SSSR count). The van der Waals surface area contributed by atoms with E-state index in [0.29, 0.717) is 0 Å². The van der Waals surface area contributed by atoms with Crippen LogP contribution in [0.1, 0.15) is 11.1 Å². The van der Waals surface area contributed by atoms with E-state index in [1.807, 2.05) is 0 Å². The Balaban J connectivity index is 2.18. The van der Waals surface area contributed by atoms with Gasteiger partial charge in [-0.1, -0.05) is 12.1 Å². The van der Waals surface area contributed by atoms with Gasteiger partial charge < -0.3 is 5.32 Å². The molecule has 1 aliphatic rings. The van der Waals surface area contributed by atoms with Crippen molar-refractivity contribution in [3.8, 4) is 11.3 Å². The number of aliphatic imine (C=N–C) groups is 1. The summed E-state index contributed by atoms with van der Waals surface area (Å²) in [7, 11) is -3.80. The highest BCUT2D eigenvalue weighted by molar-refractivity contribution is 7.91. The van der Waals surface area contributed by atoms with Crippen molar-refractivity contribution in [1.29, 1.82) is 0 Å². The van der Waals surface area contributed by atoms with Crippen LogP contribution in [0.3, 0.4) is 0 Å². The SMILES string of the molecule is CS(=O)(=O)C1(N)N=CNc2cc(-c3ncccc3C(F)(F)F)ccc21. The van der Waals surface area contributed by atoms with E-state index >= 15 is 0 Å². The molecule has 1 aliphatic heterocycles. The normalized spacial score (nSPS) is 20.0. The number of nitrogens with two attached hydrogens (primary N) is 1. The fourth-order valence-corrected chi connectivity index (χ4v) is 3.37. The number of aromatic nitrogens is 1. The van der Waals surface area contributed by atoms with Gasteiger partial charge in [0.2, 0.25) is 4.99 Å². The Morgan fingerprint density at radius 3 is 2.60 bits per heavy atom. The molecule has 132 valence electrons. The van der Waals surface area contributed by atoms with Crippen LogP contribution in [0.25, 0.3) is 11.3 Å². The van der Waals surface area contributed by atoms with Crippen LogP contribution in [0.15, 0.2) is 41.5 Å². The first kappa shape index (κ1) is 17.4. The van der Waals surface area contributed by atoms with Crippen LogP contribution in [0.2, 0.25) is 0 Å². The van der Waals surface area contributed by atoms with Gasteiger partial charge in [0, 0.05) is 29.3 Å². The third kappa shape index (κ3) is 2.87. The van der Waals surface area contributed by atoms with Crippen molar-refractivity contribution in [1.82, 2.24) is 4.98 Å². The van der Waals surface area contributed by atoms with Gasteiger partial charge in [-0.25, -0.2) is 13.4 Å². The highest BCUT2D eigenvalue weighted by Crippen LogP contribution is 2.39. The van der Waals surface area contributed by atoms with E-state index in [9.17, 15) is 21.6 Å². The minimum atomic E-state index is -4.57. The number of nitrogens with one attached hydrogen (secondary N) is 1. The predicted molar refractivity (Wildman–Crippen MR) is 87.5 cm³/mol. The van der Waals surface area contributed by atoms with Gasteiger partial charge in [0.15, 0.2) is 9.84 Å². The smallest absolute Gasteiger partial charge is 0.346 e. The van der Waals surface area contributed by atoms with Gasteiger partial charge in [0.05, 0.1) is 17.6 Å². The number of hydrogen-bond acceptors (Lipinski definition) is 6. The second-order valence-electron chi connectivity index (χ2n) is 5.53. The summed E-state index contributed by atoms with van der Waals surface area (Å²) in [6.07, 6.45) is -1.27. The average molecular weight is 370 g/mol. The highest BCUT2D eigenvalue weighted by atomic mass is 32.2. The van der Waals surface area contributed by atoms with Gasteiger partial charge in [-0.2, -0.15) is 13.2 Å². The first-order valence-electron chi connectivity index (χ1n) is 7.00. The average Bonchev–Trinajstić information content (AvgIpc) is 2.53. The molecule has 0 amide bonds. The maximum Gasteiger partial charge on any atom is 0.418 e. The predicted octanol–water partition coefficient (Wildman–Crippen LogP) is 2.33. The van der Waals surface area contributed by atoms with Crippen molar-refractivity contribution in [2.75, 3.05) is 11.6 Å². The van der Waals surface area contributed by atoms with Crippen LogP contribution in [-0.4, -0.2) is 26.0 Å². The molecule has 25 heavy (non-hydrogen) atoms. The van der Waals surface area contributed by atoms with E-state index < -0.39 is 26.6 Å². The number of hydrogen-bond donors (Lipinski definition) is 2. The zero-order chi connectivity index (χ0) is 18.5. The lowest BCUT2D eigenvalue weighted by atomic mass is 10.0. The van der Waals surface area contributed by atoms with E-state index in [4.69, 9.17) is 5.73 Å². The van der Waals surface area contributed by atoms with Crippen LogP contribution >= 0.6 is 0 Å². The third-order valence-electron chi connectivity index (χ3n) is 3.83. The van der Waals surface area contributed by atoms with Gasteiger partial charge >= 0.3 is 6.18 Å². The van der Waals surface area contributed by atoms with Crippen LogP contribution in [0.4, 0.5) is 18.9 Å². The van der Waals surface area contributed by atoms with Crippen molar-refractivity contribution in [3.05, 3.63) is 47.7 Å². The molecule has 1 unspecified atom stereocenters. The number of anilines is 1. The summed E-state index contributed by atoms with van der Waals surface area (Å²) in [5.41, 5.74) is 5.33. The van der Waals surface area contributed by atoms with Crippen LogP contribution in [-0.2, 0) is 21.0 Å². The van der Waals surface area contributed by atoms with Gasteiger partial charge in [0.1, 0.15) is 0 Å². The zero-order valence-electron chi connectivity index (χ0n) is 12.9. The van der Waals surface area contributed by atoms with E-state index in [1.165, 1.54) is 30.5 Å². The molecule has 0 fully saturated rings. The molecule has 1 aromatic carbocycles. The summed E-state index contributed by atoms with van der Waals surface area (Å²) < 4.78 is 63.5. The molecule has 3 N–H and O–H groups in total. The molecule has 10 heteroatoms. The topological polar surface area (TPSA) is 97.4 Å². The minimum Gasteiger partial charge on any atom is -0.346 e. The second kappa shape index (κ2) is 5.53. The lowest BCUT2D eigenvalue weighted by Gasteiger charge is -2.29. The summed E-state index contributed by atoms with van der Waals surface area (Å²) in [5.74, 6) is 0. The van der Waals surface area contributed by atoms with Crippen molar-refractivity contribution < 1.29 is 21.6 Å².